The van der Waals surface area contributed by atoms with Crippen LogP contribution in [0.5, 0.6) is 11.5 Å². The minimum absolute atomic E-state index is 0.492. The van der Waals surface area contributed by atoms with Crippen LogP contribution in [0.25, 0.3) is 0 Å². The third-order valence-corrected chi connectivity index (χ3v) is 3.06. The van der Waals surface area contributed by atoms with Crippen LogP contribution in [-0.4, -0.2) is 31.0 Å². The molecule has 4 N–H and O–H groups in total. The van der Waals surface area contributed by atoms with Crippen LogP contribution in [0.1, 0.15) is 20.8 Å². The lowest BCUT2D eigenvalue weighted by Crippen LogP contribution is -2.42. The molecule has 0 aliphatic carbocycles. The molecule has 0 bridgehead atoms. The van der Waals surface area contributed by atoms with Crippen molar-refractivity contribution in [2.24, 2.45) is 0 Å². The van der Waals surface area contributed by atoms with Crippen molar-refractivity contribution >= 4 is 11.4 Å². The van der Waals surface area contributed by atoms with Crippen molar-refractivity contribution in [3.05, 3.63) is 12.1 Å². The van der Waals surface area contributed by atoms with Crippen LogP contribution >= 0.6 is 0 Å². The lowest BCUT2D eigenvalue weighted by molar-refractivity contribution is 0.133. The van der Waals surface area contributed by atoms with Gasteiger partial charge in [-0.3, -0.25) is 0 Å². The minimum Gasteiger partial charge on any atom is -0.493 e. The average Bonchev–Trinajstić information content (AvgIpc) is 2.30. The van der Waals surface area contributed by atoms with E-state index >= 15 is 0 Å². The van der Waals surface area contributed by atoms with E-state index in [0.29, 0.717) is 22.9 Å². The van der Waals surface area contributed by atoms with E-state index in [1.807, 2.05) is 13.8 Å². The fourth-order valence-electron chi connectivity index (χ4n) is 1.45. The summed E-state index contributed by atoms with van der Waals surface area (Å²) in [7, 11) is 3.13. The van der Waals surface area contributed by atoms with Crippen LogP contribution in [0.15, 0.2) is 12.1 Å². The predicted octanol–water partition coefficient (Wildman–Crippen LogP) is 1.86. The number of nitrogens with one attached hydrogen (secondary N) is 1. The predicted molar refractivity (Wildman–Crippen MR) is 73.3 cm³/mol. The highest BCUT2D eigenvalue weighted by Crippen LogP contribution is 2.36. The Morgan fingerprint density at radius 3 is 2.17 bits per heavy atom. The van der Waals surface area contributed by atoms with Crippen LogP contribution in [0, 0.1) is 0 Å². The van der Waals surface area contributed by atoms with Gasteiger partial charge in [-0.05, 0) is 20.8 Å². The van der Waals surface area contributed by atoms with Gasteiger partial charge >= 0.3 is 0 Å². The van der Waals surface area contributed by atoms with Gasteiger partial charge in [0, 0.05) is 12.1 Å². The summed E-state index contributed by atoms with van der Waals surface area (Å²) >= 11 is 0. The van der Waals surface area contributed by atoms with Gasteiger partial charge in [0.1, 0.15) is 0 Å². The van der Waals surface area contributed by atoms with Crippen LogP contribution in [0.4, 0.5) is 11.4 Å². The van der Waals surface area contributed by atoms with Gasteiger partial charge in [0.05, 0.1) is 37.2 Å². The Bertz CT molecular complexity index is 417. The Hall–Kier alpha value is -1.62. The number of nitrogens with two attached hydrogens (primary N) is 1. The molecule has 1 atom stereocenters. The Labute approximate surface area is 108 Å². The van der Waals surface area contributed by atoms with Gasteiger partial charge in [-0.1, -0.05) is 0 Å². The number of anilines is 2. The van der Waals surface area contributed by atoms with Crippen molar-refractivity contribution in [3.8, 4) is 11.5 Å². The molecule has 0 radical (unpaired) electrons. The molecular weight excluding hydrogens is 232 g/mol. The van der Waals surface area contributed by atoms with E-state index in [0.717, 1.165) is 0 Å². The van der Waals surface area contributed by atoms with Gasteiger partial charge < -0.3 is 25.6 Å². The Balaban J connectivity index is 3.10. The number of hydrogen-bond acceptors (Lipinski definition) is 5. The molecule has 0 spiro atoms. The van der Waals surface area contributed by atoms with Crippen molar-refractivity contribution in [1.29, 1.82) is 0 Å². The SMILES string of the molecule is COc1cc(N)c(NC(C)(C)C(C)O)cc1OC. The molecule has 0 amide bonds. The Morgan fingerprint density at radius 2 is 1.72 bits per heavy atom. The van der Waals surface area contributed by atoms with E-state index in [4.69, 9.17) is 15.2 Å². The van der Waals surface area contributed by atoms with Crippen LogP contribution in [0.3, 0.4) is 0 Å². The molecule has 1 aromatic carbocycles. The van der Waals surface area contributed by atoms with Gasteiger partial charge in [-0.25, -0.2) is 0 Å². The zero-order valence-corrected chi connectivity index (χ0v) is 11.6. The topological polar surface area (TPSA) is 76.7 Å². The van der Waals surface area contributed by atoms with Crippen LogP contribution < -0.4 is 20.5 Å². The third kappa shape index (κ3) is 2.98. The first-order chi connectivity index (χ1) is 8.31. The molecule has 0 aliphatic heterocycles. The number of nitrogen functional groups attached to an aromatic ring is 1. The normalized spacial score (nSPS) is 13.0. The summed E-state index contributed by atoms with van der Waals surface area (Å²) in [5, 5.41) is 12.9. The molecule has 1 rings (SSSR count). The standard InChI is InChI=1S/C13H22N2O3/c1-8(16)13(2,3)15-10-7-12(18-5)11(17-4)6-9(10)14/h6-8,15-16H,14H2,1-5H3. The Morgan fingerprint density at radius 1 is 1.22 bits per heavy atom. The van der Waals surface area contributed by atoms with Gasteiger partial charge in [0.15, 0.2) is 11.5 Å². The smallest absolute Gasteiger partial charge is 0.162 e. The summed E-state index contributed by atoms with van der Waals surface area (Å²) in [5.74, 6) is 1.17. The van der Waals surface area contributed by atoms with Crippen LogP contribution in [0.2, 0.25) is 0 Å². The lowest BCUT2D eigenvalue weighted by Gasteiger charge is -2.31. The second-order valence-electron chi connectivity index (χ2n) is 4.82. The van der Waals surface area contributed by atoms with Crippen molar-refractivity contribution in [3.63, 3.8) is 0 Å². The molecule has 0 aromatic heterocycles. The zero-order chi connectivity index (χ0) is 13.9. The third-order valence-electron chi connectivity index (χ3n) is 3.06. The quantitative estimate of drug-likeness (QED) is 0.699. The summed E-state index contributed by atoms with van der Waals surface area (Å²) in [5.41, 5.74) is 6.71. The van der Waals surface area contributed by atoms with Gasteiger partial charge in [0.25, 0.3) is 0 Å². The van der Waals surface area contributed by atoms with Crippen molar-refractivity contribution in [2.45, 2.75) is 32.4 Å². The first-order valence-electron chi connectivity index (χ1n) is 5.79. The molecule has 5 nitrogen and oxygen atoms in total. The maximum Gasteiger partial charge on any atom is 0.162 e. The summed E-state index contributed by atoms with van der Waals surface area (Å²) in [6.45, 7) is 5.52. The van der Waals surface area contributed by atoms with E-state index in [1.54, 1.807) is 33.3 Å². The first kappa shape index (κ1) is 14.4. The number of hydrogen-bond donors (Lipinski definition) is 3. The van der Waals surface area contributed by atoms with Crippen LogP contribution in [-0.2, 0) is 0 Å². The second-order valence-corrected chi connectivity index (χ2v) is 4.82. The number of rotatable bonds is 5. The average molecular weight is 254 g/mol. The molecule has 102 valence electrons. The molecule has 18 heavy (non-hydrogen) atoms. The van der Waals surface area contributed by atoms with Gasteiger partial charge in [0.2, 0.25) is 0 Å². The molecule has 0 heterocycles. The molecule has 1 aromatic rings. The maximum atomic E-state index is 9.70. The summed E-state index contributed by atoms with van der Waals surface area (Å²) in [6.07, 6.45) is -0.523. The number of benzene rings is 1. The minimum atomic E-state index is -0.523. The molecule has 0 aliphatic rings. The number of methoxy groups -OCH3 is 2. The number of ether oxygens (including phenoxy) is 2. The maximum absolute atomic E-state index is 9.70. The molecule has 0 fully saturated rings. The molecule has 0 saturated heterocycles. The fraction of sp³-hybridized carbons (Fsp3) is 0.538. The monoisotopic (exact) mass is 254 g/mol. The molecule has 0 saturated carbocycles. The lowest BCUT2D eigenvalue weighted by atomic mass is 9.98. The highest BCUT2D eigenvalue weighted by Gasteiger charge is 2.25. The summed E-state index contributed by atoms with van der Waals surface area (Å²) < 4.78 is 10.4. The first-order valence-corrected chi connectivity index (χ1v) is 5.79. The van der Waals surface area contributed by atoms with E-state index in [2.05, 4.69) is 5.32 Å². The zero-order valence-electron chi connectivity index (χ0n) is 11.6. The van der Waals surface area contributed by atoms with E-state index < -0.39 is 11.6 Å². The Kier molecular flexibility index (Phi) is 4.29. The molecule has 1 unspecified atom stereocenters. The summed E-state index contributed by atoms with van der Waals surface area (Å²) in [6, 6.07) is 3.46. The van der Waals surface area contributed by atoms with Gasteiger partial charge in [-0.15, -0.1) is 0 Å². The molecular formula is C13H22N2O3. The number of aliphatic hydroxyl groups is 1. The van der Waals surface area contributed by atoms with Crippen molar-refractivity contribution in [1.82, 2.24) is 0 Å². The molecule has 5 heteroatoms. The number of aliphatic hydroxyl groups excluding tert-OH is 1. The largest absolute Gasteiger partial charge is 0.493 e. The van der Waals surface area contributed by atoms with E-state index in [1.165, 1.54) is 0 Å². The second kappa shape index (κ2) is 5.35. The van der Waals surface area contributed by atoms with E-state index in [9.17, 15) is 5.11 Å². The van der Waals surface area contributed by atoms with Crippen molar-refractivity contribution < 1.29 is 14.6 Å². The fourth-order valence-corrected chi connectivity index (χ4v) is 1.45. The highest BCUT2D eigenvalue weighted by molar-refractivity contribution is 5.72. The van der Waals surface area contributed by atoms with Crippen molar-refractivity contribution in [2.75, 3.05) is 25.3 Å². The summed E-state index contributed by atoms with van der Waals surface area (Å²) in [4.78, 5) is 0. The highest BCUT2D eigenvalue weighted by atomic mass is 16.5. The van der Waals surface area contributed by atoms with Gasteiger partial charge in [-0.2, -0.15) is 0 Å². The van der Waals surface area contributed by atoms with E-state index in [-0.39, 0.29) is 0 Å².